The highest BCUT2D eigenvalue weighted by Gasteiger charge is 2.34. The Labute approximate surface area is 84.7 Å². The van der Waals surface area contributed by atoms with Gasteiger partial charge in [-0.3, -0.25) is 4.79 Å². The van der Waals surface area contributed by atoms with Crippen molar-refractivity contribution in [3.63, 3.8) is 0 Å². The van der Waals surface area contributed by atoms with E-state index in [1.807, 2.05) is 4.90 Å². The van der Waals surface area contributed by atoms with Crippen LogP contribution in [0.2, 0.25) is 0 Å². The molecule has 2 fully saturated rings. The molecule has 0 N–H and O–H groups in total. The fraction of sp³-hybridized carbons (Fsp3) is 0.818. The average Bonchev–Trinajstić information content (AvgIpc) is 2.15. The number of carbonyl (C=O) groups excluding carboxylic acids is 1. The van der Waals surface area contributed by atoms with Gasteiger partial charge in [0, 0.05) is 12.5 Å². The summed E-state index contributed by atoms with van der Waals surface area (Å²) in [4.78, 5) is 13.7. The zero-order valence-electron chi connectivity index (χ0n) is 8.41. The monoisotopic (exact) mass is 192 g/mol. The molecule has 0 aromatic rings. The lowest BCUT2D eigenvalue weighted by Gasteiger charge is -2.36. The zero-order chi connectivity index (χ0) is 9.97. The summed E-state index contributed by atoms with van der Waals surface area (Å²) in [5, 5.41) is 8.94. The Kier molecular flexibility index (Phi) is 2.72. The minimum atomic E-state index is -0.142. The third-order valence-corrected chi connectivity index (χ3v) is 3.39. The first-order valence-electron chi connectivity index (χ1n) is 5.53. The molecule has 0 aromatic heterocycles. The molecule has 1 saturated carbocycles. The fourth-order valence-corrected chi connectivity index (χ4v) is 2.22. The molecule has 0 spiro atoms. The molecule has 1 aliphatic heterocycles. The molecule has 1 heterocycles. The van der Waals surface area contributed by atoms with Gasteiger partial charge in [0.25, 0.3) is 0 Å². The highest BCUT2D eigenvalue weighted by Crippen LogP contribution is 2.30. The van der Waals surface area contributed by atoms with Crippen LogP contribution in [0.15, 0.2) is 0 Å². The molecule has 3 nitrogen and oxygen atoms in total. The van der Waals surface area contributed by atoms with E-state index in [2.05, 4.69) is 6.07 Å². The molecule has 14 heavy (non-hydrogen) atoms. The van der Waals surface area contributed by atoms with E-state index in [0.29, 0.717) is 0 Å². The first kappa shape index (κ1) is 9.51. The van der Waals surface area contributed by atoms with Gasteiger partial charge in [0.05, 0.1) is 6.07 Å². The van der Waals surface area contributed by atoms with Gasteiger partial charge in [-0.25, -0.2) is 0 Å². The largest absolute Gasteiger partial charge is 0.326 e. The predicted molar refractivity (Wildman–Crippen MR) is 52.3 cm³/mol. The summed E-state index contributed by atoms with van der Waals surface area (Å²) < 4.78 is 0. The molecule has 1 amide bonds. The summed E-state index contributed by atoms with van der Waals surface area (Å²) in [6, 6.07) is 2.10. The number of piperidine rings is 1. The van der Waals surface area contributed by atoms with Crippen LogP contribution in [0.3, 0.4) is 0 Å². The Hall–Kier alpha value is -1.04. The van der Waals surface area contributed by atoms with Crippen molar-refractivity contribution in [1.29, 1.82) is 5.26 Å². The van der Waals surface area contributed by atoms with Gasteiger partial charge in [-0.05, 0) is 32.1 Å². The van der Waals surface area contributed by atoms with Gasteiger partial charge in [-0.2, -0.15) is 5.26 Å². The number of hydrogen-bond donors (Lipinski definition) is 0. The van der Waals surface area contributed by atoms with Crippen LogP contribution < -0.4 is 0 Å². The molecule has 1 aliphatic carbocycles. The van der Waals surface area contributed by atoms with Crippen molar-refractivity contribution in [3.8, 4) is 6.07 Å². The second-order valence-electron chi connectivity index (χ2n) is 4.30. The molecule has 3 heteroatoms. The Morgan fingerprint density at radius 3 is 2.57 bits per heavy atom. The second-order valence-corrected chi connectivity index (χ2v) is 4.30. The predicted octanol–water partition coefficient (Wildman–Crippen LogP) is 1.69. The molecule has 1 unspecified atom stereocenters. The lowest BCUT2D eigenvalue weighted by atomic mass is 9.83. The van der Waals surface area contributed by atoms with Crippen LogP contribution in [0.1, 0.15) is 38.5 Å². The van der Waals surface area contributed by atoms with Crippen molar-refractivity contribution < 1.29 is 4.79 Å². The highest BCUT2D eigenvalue weighted by atomic mass is 16.2. The van der Waals surface area contributed by atoms with E-state index in [1.54, 1.807) is 0 Å². The molecule has 0 radical (unpaired) electrons. The van der Waals surface area contributed by atoms with Crippen molar-refractivity contribution in [2.75, 3.05) is 6.54 Å². The molecule has 1 saturated heterocycles. The van der Waals surface area contributed by atoms with Crippen LogP contribution in [-0.4, -0.2) is 23.4 Å². The van der Waals surface area contributed by atoms with Gasteiger partial charge in [-0.1, -0.05) is 6.42 Å². The van der Waals surface area contributed by atoms with E-state index in [-0.39, 0.29) is 17.9 Å². The maximum Gasteiger partial charge on any atom is 0.226 e. The number of likely N-dealkylation sites (tertiary alicyclic amines) is 1. The topological polar surface area (TPSA) is 44.1 Å². The quantitative estimate of drug-likeness (QED) is 0.634. The minimum absolute atomic E-state index is 0.142. The minimum Gasteiger partial charge on any atom is -0.326 e. The lowest BCUT2D eigenvalue weighted by molar-refractivity contribution is -0.140. The van der Waals surface area contributed by atoms with Crippen LogP contribution in [0.25, 0.3) is 0 Å². The zero-order valence-corrected chi connectivity index (χ0v) is 8.41. The number of nitrogens with zero attached hydrogens (tertiary/aromatic N) is 2. The maximum atomic E-state index is 11.9. The Morgan fingerprint density at radius 1 is 1.21 bits per heavy atom. The second kappa shape index (κ2) is 4.00. The van der Waals surface area contributed by atoms with Gasteiger partial charge in [0.15, 0.2) is 0 Å². The Bertz CT molecular complexity index is 265. The number of nitriles is 1. The standard InChI is InChI=1S/C11H16N2O/c12-8-10-6-1-2-7-13(10)11(14)9-4-3-5-9/h9-10H,1-7H2. The Balaban J connectivity index is 1.99. The first-order valence-corrected chi connectivity index (χ1v) is 5.53. The number of rotatable bonds is 1. The van der Waals surface area contributed by atoms with E-state index in [9.17, 15) is 4.79 Å². The summed E-state index contributed by atoms with van der Waals surface area (Å²) in [6.07, 6.45) is 6.28. The summed E-state index contributed by atoms with van der Waals surface area (Å²) in [5.74, 6) is 0.478. The summed E-state index contributed by atoms with van der Waals surface area (Å²) in [7, 11) is 0. The molecule has 2 rings (SSSR count). The van der Waals surface area contributed by atoms with Crippen LogP contribution in [0, 0.1) is 17.2 Å². The van der Waals surface area contributed by atoms with Crippen molar-refractivity contribution in [2.45, 2.75) is 44.6 Å². The molecular weight excluding hydrogens is 176 g/mol. The SMILES string of the molecule is N#CC1CCCCN1C(=O)C1CCC1. The Morgan fingerprint density at radius 2 is 2.00 bits per heavy atom. The third kappa shape index (κ3) is 1.61. The van der Waals surface area contributed by atoms with Gasteiger partial charge < -0.3 is 4.90 Å². The first-order chi connectivity index (χ1) is 6.83. The third-order valence-electron chi connectivity index (χ3n) is 3.39. The normalized spacial score (nSPS) is 27.9. The van der Waals surface area contributed by atoms with Gasteiger partial charge in [0.2, 0.25) is 5.91 Å². The summed E-state index contributed by atoms with van der Waals surface area (Å²) >= 11 is 0. The number of carbonyl (C=O) groups is 1. The van der Waals surface area contributed by atoms with Gasteiger partial charge in [-0.15, -0.1) is 0 Å². The van der Waals surface area contributed by atoms with E-state index >= 15 is 0 Å². The van der Waals surface area contributed by atoms with Crippen LogP contribution >= 0.6 is 0 Å². The molecule has 0 aromatic carbocycles. The van der Waals surface area contributed by atoms with Crippen molar-refractivity contribution in [2.24, 2.45) is 5.92 Å². The highest BCUT2D eigenvalue weighted by molar-refractivity contribution is 5.80. The molecule has 76 valence electrons. The molecule has 0 bridgehead atoms. The van der Waals surface area contributed by atoms with Crippen molar-refractivity contribution >= 4 is 5.91 Å². The van der Waals surface area contributed by atoms with Crippen molar-refractivity contribution in [1.82, 2.24) is 4.90 Å². The molecule has 1 atom stereocenters. The number of hydrogen-bond acceptors (Lipinski definition) is 2. The van der Waals surface area contributed by atoms with E-state index < -0.39 is 0 Å². The average molecular weight is 192 g/mol. The summed E-state index contributed by atoms with van der Waals surface area (Å²) in [6.45, 7) is 0.799. The lowest BCUT2D eigenvalue weighted by Crippen LogP contribution is -2.47. The van der Waals surface area contributed by atoms with E-state index in [1.165, 1.54) is 6.42 Å². The fourth-order valence-electron chi connectivity index (χ4n) is 2.22. The molecular formula is C11H16N2O. The van der Waals surface area contributed by atoms with E-state index in [0.717, 1.165) is 38.6 Å². The van der Waals surface area contributed by atoms with Crippen molar-refractivity contribution in [3.05, 3.63) is 0 Å². The smallest absolute Gasteiger partial charge is 0.226 e. The van der Waals surface area contributed by atoms with Crippen LogP contribution in [-0.2, 0) is 4.79 Å². The molecule has 2 aliphatic rings. The van der Waals surface area contributed by atoms with Gasteiger partial charge in [0.1, 0.15) is 6.04 Å². The van der Waals surface area contributed by atoms with Crippen LogP contribution in [0.5, 0.6) is 0 Å². The number of amides is 1. The van der Waals surface area contributed by atoms with Gasteiger partial charge >= 0.3 is 0 Å². The maximum absolute atomic E-state index is 11.9. The van der Waals surface area contributed by atoms with E-state index in [4.69, 9.17) is 5.26 Å². The van der Waals surface area contributed by atoms with Crippen LogP contribution in [0.4, 0.5) is 0 Å². The summed E-state index contributed by atoms with van der Waals surface area (Å²) in [5.41, 5.74) is 0.